The van der Waals surface area contributed by atoms with Gasteiger partial charge in [-0.15, -0.1) is 0 Å². The number of anilines is 1. The highest BCUT2D eigenvalue weighted by molar-refractivity contribution is 5.30. The first kappa shape index (κ1) is 14.3. The predicted octanol–water partition coefficient (Wildman–Crippen LogP) is 2.78. The van der Waals surface area contributed by atoms with Crippen LogP contribution in [0.1, 0.15) is 39.3 Å². The van der Waals surface area contributed by atoms with Crippen LogP contribution in [-0.4, -0.2) is 34.5 Å². The van der Waals surface area contributed by atoms with Crippen LogP contribution in [0.5, 0.6) is 0 Å². The minimum Gasteiger partial charge on any atom is -0.369 e. The lowest BCUT2D eigenvalue weighted by Crippen LogP contribution is -2.35. The van der Waals surface area contributed by atoms with Gasteiger partial charge < -0.3 is 5.32 Å². The highest BCUT2D eigenvalue weighted by atomic mass is 15.1. The summed E-state index contributed by atoms with van der Waals surface area (Å²) in [6, 6.07) is 0. The molecule has 1 saturated heterocycles. The molecule has 0 aliphatic carbocycles. The third-order valence-electron chi connectivity index (χ3n) is 4.02. The molecule has 0 radical (unpaired) electrons. The van der Waals surface area contributed by atoms with Gasteiger partial charge in [0.05, 0.1) is 18.1 Å². The van der Waals surface area contributed by atoms with E-state index in [1.165, 1.54) is 25.9 Å². The molecule has 1 N–H and O–H groups in total. The molecule has 1 aromatic heterocycles. The van der Waals surface area contributed by atoms with Crippen LogP contribution in [0.3, 0.4) is 0 Å². The lowest BCUT2D eigenvalue weighted by atomic mass is 9.87. The summed E-state index contributed by atoms with van der Waals surface area (Å²) in [5.41, 5.74) is 1.07. The lowest BCUT2D eigenvalue weighted by molar-refractivity contribution is 0.150. The number of nitrogens with zero attached hydrogens (tertiary/aromatic N) is 3. The Morgan fingerprint density at radius 3 is 2.53 bits per heavy atom. The van der Waals surface area contributed by atoms with Gasteiger partial charge in [0.1, 0.15) is 5.82 Å². The van der Waals surface area contributed by atoms with Gasteiger partial charge in [0.2, 0.25) is 0 Å². The van der Waals surface area contributed by atoms with Crippen molar-refractivity contribution in [1.82, 2.24) is 14.9 Å². The third-order valence-corrected chi connectivity index (χ3v) is 4.02. The zero-order chi connectivity index (χ0) is 13.7. The smallest absolute Gasteiger partial charge is 0.144 e. The SMILES string of the molecule is CCNc1cnc(CN2CCC(C(C)C)CC2)cn1. The maximum atomic E-state index is 4.48. The van der Waals surface area contributed by atoms with Crippen LogP contribution in [0, 0.1) is 11.8 Å². The Balaban J connectivity index is 1.82. The van der Waals surface area contributed by atoms with Crippen molar-refractivity contribution in [2.75, 3.05) is 25.0 Å². The van der Waals surface area contributed by atoms with Crippen LogP contribution in [0.2, 0.25) is 0 Å². The van der Waals surface area contributed by atoms with Crippen LogP contribution in [-0.2, 0) is 6.54 Å². The molecule has 1 aliphatic heterocycles. The van der Waals surface area contributed by atoms with Gasteiger partial charge in [-0.25, -0.2) is 4.98 Å². The molecule has 106 valence electrons. The van der Waals surface area contributed by atoms with Crippen LogP contribution in [0.25, 0.3) is 0 Å². The number of rotatable bonds is 5. The summed E-state index contributed by atoms with van der Waals surface area (Å²) in [4.78, 5) is 11.4. The molecule has 19 heavy (non-hydrogen) atoms. The van der Waals surface area contributed by atoms with E-state index in [0.717, 1.165) is 36.4 Å². The van der Waals surface area contributed by atoms with E-state index < -0.39 is 0 Å². The van der Waals surface area contributed by atoms with Crippen LogP contribution >= 0.6 is 0 Å². The minimum atomic E-state index is 0.821. The molecule has 0 amide bonds. The van der Waals surface area contributed by atoms with Crippen molar-refractivity contribution in [3.8, 4) is 0 Å². The fourth-order valence-electron chi connectivity index (χ4n) is 2.72. The summed E-state index contributed by atoms with van der Waals surface area (Å²) in [7, 11) is 0. The minimum absolute atomic E-state index is 0.821. The van der Waals surface area contributed by atoms with Crippen molar-refractivity contribution in [3.05, 3.63) is 18.1 Å². The van der Waals surface area contributed by atoms with Gasteiger partial charge >= 0.3 is 0 Å². The van der Waals surface area contributed by atoms with Crippen molar-refractivity contribution in [3.63, 3.8) is 0 Å². The second-order valence-electron chi connectivity index (χ2n) is 5.78. The van der Waals surface area contributed by atoms with E-state index >= 15 is 0 Å². The third kappa shape index (κ3) is 4.16. The van der Waals surface area contributed by atoms with Crippen molar-refractivity contribution in [2.24, 2.45) is 11.8 Å². The quantitative estimate of drug-likeness (QED) is 0.886. The second kappa shape index (κ2) is 6.85. The normalized spacial score (nSPS) is 17.9. The molecule has 0 spiro atoms. The molecular weight excluding hydrogens is 236 g/mol. The van der Waals surface area contributed by atoms with Gasteiger partial charge in [0.15, 0.2) is 0 Å². The van der Waals surface area contributed by atoms with Gasteiger partial charge in [0.25, 0.3) is 0 Å². The molecule has 0 atom stereocenters. The first-order chi connectivity index (χ1) is 9.19. The number of hydrogen-bond acceptors (Lipinski definition) is 4. The summed E-state index contributed by atoms with van der Waals surface area (Å²) in [6.07, 6.45) is 6.37. The Morgan fingerprint density at radius 1 is 1.26 bits per heavy atom. The van der Waals surface area contributed by atoms with E-state index in [0.29, 0.717) is 0 Å². The van der Waals surface area contributed by atoms with E-state index in [2.05, 4.69) is 41.0 Å². The topological polar surface area (TPSA) is 41.1 Å². The molecule has 0 bridgehead atoms. The highest BCUT2D eigenvalue weighted by Gasteiger charge is 2.21. The number of likely N-dealkylation sites (tertiary alicyclic amines) is 1. The molecule has 0 aromatic carbocycles. The van der Waals surface area contributed by atoms with Gasteiger partial charge in [-0.1, -0.05) is 13.8 Å². The van der Waals surface area contributed by atoms with Crippen LogP contribution in [0.4, 0.5) is 5.82 Å². The zero-order valence-electron chi connectivity index (χ0n) is 12.4. The molecule has 4 heteroatoms. The number of piperidine rings is 1. The molecule has 0 saturated carbocycles. The maximum absolute atomic E-state index is 4.48. The fraction of sp³-hybridized carbons (Fsp3) is 0.733. The molecule has 4 nitrogen and oxygen atoms in total. The molecule has 1 aromatic rings. The van der Waals surface area contributed by atoms with E-state index in [9.17, 15) is 0 Å². The molecule has 2 heterocycles. The molecule has 2 rings (SSSR count). The van der Waals surface area contributed by atoms with Crippen molar-refractivity contribution < 1.29 is 0 Å². The Morgan fingerprint density at radius 2 is 2.00 bits per heavy atom. The van der Waals surface area contributed by atoms with Crippen molar-refractivity contribution >= 4 is 5.82 Å². The van der Waals surface area contributed by atoms with E-state index in [-0.39, 0.29) is 0 Å². The second-order valence-corrected chi connectivity index (χ2v) is 5.78. The summed E-state index contributed by atoms with van der Waals surface area (Å²) in [6.45, 7) is 10.9. The maximum Gasteiger partial charge on any atom is 0.144 e. The largest absolute Gasteiger partial charge is 0.369 e. The summed E-state index contributed by atoms with van der Waals surface area (Å²) in [5, 5.41) is 3.17. The lowest BCUT2D eigenvalue weighted by Gasteiger charge is -2.33. The average Bonchev–Trinajstić information content (AvgIpc) is 2.42. The van der Waals surface area contributed by atoms with Gasteiger partial charge in [-0.3, -0.25) is 9.88 Å². The first-order valence-corrected chi connectivity index (χ1v) is 7.46. The van der Waals surface area contributed by atoms with Crippen molar-refractivity contribution in [2.45, 2.75) is 40.2 Å². The Bertz CT molecular complexity index is 366. The molecule has 1 fully saturated rings. The molecule has 0 unspecified atom stereocenters. The zero-order valence-corrected chi connectivity index (χ0v) is 12.4. The highest BCUT2D eigenvalue weighted by Crippen LogP contribution is 2.24. The predicted molar refractivity (Wildman–Crippen MR) is 79.0 cm³/mol. The van der Waals surface area contributed by atoms with Crippen molar-refractivity contribution in [1.29, 1.82) is 0 Å². The van der Waals surface area contributed by atoms with E-state index in [1.54, 1.807) is 0 Å². The summed E-state index contributed by atoms with van der Waals surface area (Å²) in [5.74, 6) is 2.59. The Labute approximate surface area is 116 Å². The van der Waals surface area contributed by atoms with Gasteiger partial charge in [0, 0.05) is 13.1 Å². The standard InChI is InChI=1S/C15H26N4/c1-4-16-15-10-17-14(9-18-15)11-19-7-5-13(6-8-19)12(2)3/h9-10,12-13H,4-8,11H2,1-3H3,(H,16,18). The van der Waals surface area contributed by atoms with Crippen LogP contribution in [0.15, 0.2) is 12.4 Å². The van der Waals surface area contributed by atoms with E-state index in [4.69, 9.17) is 0 Å². The van der Waals surface area contributed by atoms with Crippen LogP contribution < -0.4 is 5.32 Å². The van der Waals surface area contributed by atoms with Gasteiger partial charge in [-0.2, -0.15) is 0 Å². The summed E-state index contributed by atoms with van der Waals surface area (Å²) >= 11 is 0. The number of hydrogen-bond donors (Lipinski definition) is 1. The Kier molecular flexibility index (Phi) is 5.14. The first-order valence-electron chi connectivity index (χ1n) is 7.46. The van der Waals surface area contributed by atoms with Gasteiger partial charge in [-0.05, 0) is 44.7 Å². The Hall–Kier alpha value is -1.16. The molecular formula is C15H26N4. The number of nitrogens with one attached hydrogen (secondary N) is 1. The average molecular weight is 262 g/mol. The molecule has 1 aliphatic rings. The fourth-order valence-corrected chi connectivity index (χ4v) is 2.72. The number of aromatic nitrogens is 2. The summed E-state index contributed by atoms with van der Waals surface area (Å²) < 4.78 is 0. The van der Waals surface area contributed by atoms with E-state index in [1.807, 2.05) is 12.4 Å². The monoisotopic (exact) mass is 262 g/mol.